The lowest BCUT2D eigenvalue weighted by atomic mass is 10.1. The minimum Gasteiger partial charge on any atom is -0.506 e. The lowest BCUT2D eigenvalue weighted by Gasteiger charge is -2.05. The van der Waals surface area contributed by atoms with Crippen LogP contribution in [0.1, 0.15) is 10.4 Å². The molecule has 0 unspecified atom stereocenters. The minimum absolute atomic E-state index is 0.430. The van der Waals surface area contributed by atoms with Crippen LogP contribution in [0, 0.1) is 11.6 Å². The molecule has 0 bridgehead atoms. The van der Waals surface area contributed by atoms with E-state index in [-0.39, 0.29) is 0 Å². The average Bonchev–Trinajstić information content (AvgIpc) is 2.15. The molecule has 3 nitrogen and oxygen atoms in total. The maximum atomic E-state index is 13.0. The first-order chi connectivity index (χ1) is 6.49. The van der Waals surface area contributed by atoms with Crippen molar-refractivity contribution in [3.63, 3.8) is 0 Å². The zero-order valence-electron chi connectivity index (χ0n) is 6.85. The van der Waals surface area contributed by atoms with Crippen LogP contribution in [0.4, 0.5) is 8.78 Å². The van der Waals surface area contributed by atoms with E-state index in [0.717, 1.165) is 0 Å². The first-order valence-electron chi connectivity index (χ1n) is 3.58. The van der Waals surface area contributed by atoms with Crippen LogP contribution in [0.15, 0.2) is 6.07 Å². The van der Waals surface area contributed by atoms with E-state index in [1.165, 1.54) is 0 Å². The molecule has 0 aliphatic rings. The van der Waals surface area contributed by atoms with Gasteiger partial charge in [-0.05, 0) is 6.07 Å². The second-order valence-corrected chi connectivity index (χ2v) is 2.91. The first-order valence-corrected chi connectivity index (χ1v) is 3.96. The Morgan fingerprint density at radius 3 is 2.64 bits per heavy atom. The van der Waals surface area contributed by atoms with E-state index in [2.05, 4.69) is 0 Å². The van der Waals surface area contributed by atoms with Crippen molar-refractivity contribution in [2.24, 2.45) is 5.73 Å². The van der Waals surface area contributed by atoms with E-state index in [9.17, 15) is 18.7 Å². The number of carbonyl (C=O) groups excluding carboxylic acids is 1. The van der Waals surface area contributed by atoms with Gasteiger partial charge < -0.3 is 10.8 Å². The van der Waals surface area contributed by atoms with Crippen molar-refractivity contribution in [2.45, 2.75) is 0 Å². The Morgan fingerprint density at radius 1 is 1.57 bits per heavy atom. The lowest BCUT2D eigenvalue weighted by molar-refractivity contribution is 0.0993. The summed E-state index contributed by atoms with van der Waals surface area (Å²) in [4.78, 5) is 11.0. The topological polar surface area (TPSA) is 63.3 Å². The summed E-state index contributed by atoms with van der Waals surface area (Å²) >= 11 is 5.34. The molecule has 1 aromatic carbocycles. The molecule has 0 aromatic heterocycles. The van der Waals surface area contributed by atoms with E-state index in [1.54, 1.807) is 0 Å². The molecule has 0 saturated heterocycles. The fourth-order valence-electron chi connectivity index (χ4n) is 0.942. The number of phenolic OH excluding ortho intramolecular Hbond substituents is 1. The molecule has 0 atom stereocenters. The molecule has 0 fully saturated rings. The van der Waals surface area contributed by atoms with Gasteiger partial charge in [0.1, 0.15) is 11.3 Å². The van der Waals surface area contributed by atoms with Crippen molar-refractivity contribution < 1.29 is 18.7 Å². The molecule has 3 N–H and O–H groups in total. The molecular formula is C8H6ClF2NO2. The molecule has 14 heavy (non-hydrogen) atoms. The maximum absolute atomic E-state index is 13.0. The number of phenols is 1. The minimum atomic E-state index is -1.44. The summed E-state index contributed by atoms with van der Waals surface area (Å²) in [6.45, 7) is -0.537. The summed E-state index contributed by atoms with van der Waals surface area (Å²) in [5, 5.41) is 8.76. The Hall–Kier alpha value is -1.20. The number of aromatic hydroxyl groups is 1. The largest absolute Gasteiger partial charge is 0.506 e. The SMILES string of the molecule is NCC(=O)c1c(O)c(Cl)cc(F)c1F. The molecule has 0 amide bonds. The normalized spacial score (nSPS) is 10.3. The van der Waals surface area contributed by atoms with Crippen molar-refractivity contribution in [1.82, 2.24) is 0 Å². The highest BCUT2D eigenvalue weighted by Gasteiger charge is 2.21. The van der Waals surface area contributed by atoms with Crippen LogP contribution in [0.3, 0.4) is 0 Å². The van der Waals surface area contributed by atoms with Gasteiger partial charge in [-0.3, -0.25) is 4.79 Å². The van der Waals surface area contributed by atoms with Crippen molar-refractivity contribution >= 4 is 17.4 Å². The number of carbonyl (C=O) groups is 1. The Bertz CT molecular complexity index is 369. The van der Waals surface area contributed by atoms with E-state index in [0.29, 0.717) is 6.07 Å². The van der Waals surface area contributed by atoms with Crippen LogP contribution >= 0.6 is 11.6 Å². The maximum Gasteiger partial charge on any atom is 0.183 e. The number of hydrogen-bond acceptors (Lipinski definition) is 3. The summed E-state index contributed by atoms with van der Waals surface area (Å²) in [7, 11) is 0. The van der Waals surface area contributed by atoms with Gasteiger partial charge in [-0.2, -0.15) is 0 Å². The quantitative estimate of drug-likeness (QED) is 0.587. The highest BCUT2D eigenvalue weighted by molar-refractivity contribution is 6.32. The second-order valence-electron chi connectivity index (χ2n) is 2.51. The molecule has 1 rings (SSSR count). The molecule has 0 radical (unpaired) electrons. The summed E-state index contributed by atoms with van der Waals surface area (Å²) in [6.07, 6.45) is 0. The number of ketones is 1. The third-order valence-corrected chi connectivity index (χ3v) is 1.90. The lowest BCUT2D eigenvalue weighted by Crippen LogP contribution is -2.16. The standard InChI is InChI=1S/C8H6ClF2NO2/c9-3-1-4(10)7(11)6(8(3)14)5(13)2-12/h1,14H,2,12H2. The molecule has 0 aliphatic heterocycles. The molecule has 0 spiro atoms. The van der Waals surface area contributed by atoms with Gasteiger partial charge in [0.05, 0.1) is 11.6 Å². The predicted molar refractivity (Wildman–Crippen MR) is 46.4 cm³/mol. The van der Waals surface area contributed by atoms with E-state index in [1.807, 2.05) is 0 Å². The smallest absolute Gasteiger partial charge is 0.183 e. The molecule has 0 aliphatic carbocycles. The van der Waals surface area contributed by atoms with Crippen LogP contribution < -0.4 is 5.73 Å². The van der Waals surface area contributed by atoms with E-state index >= 15 is 0 Å². The zero-order chi connectivity index (χ0) is 10.9. The summed E-state index contributed by atoms with van der Waals surface area (Å²) in [5.41, 5.74) is 4.14. The zero-order valence-corrected chi connectivity index (χ0v) is 7.61. The van der Waals surface area contributed by atoms with E-state index < -0.39 is 40.3 Å². The van der Waals surface area contributed by atoms with Crippen molar-refractivity contribution in [3.8, 4) is 5.75 Å². The highest BCUT2D eigenvalue weighted by Crippen LogP contribution is 2.31. The number of halogens is 3. The number of benzene rings is 1. The Balaban J connectivity index is 3.47. The molecule has 6 heteroatoms. The fraction of sp³-hybridized carbons (Fsp3) is 0.125. The van der Waals surface area contributed by atoms with Gasteiger partial charge in [-0.15, -0.1) is 0 Å². The highest BCUT2D eigenvalue weighted by atomic mass is 35.5. The molecule has 0 saturated carbocycles. The van der Waals surface area contributed by atoms with Gasteiger partial charge in [0.25, 0.3) is 0 Å². The van der Waals surface area contributed by atoms with Gasteiger partial charge >= 0.3 is 0 Å². The van der Waals surface area contributed by atoms with Crippen LogP contribution in [-0.4, -0.2) is 17.4 Å². The van der Waals surface area contributed by atoms with Gasteiger partial charge in [-0.25, -0.2) is 8.78 Å². The Morgan fingerprint density at radius 2 is 2.14 bits per heavy atom. The number of Topliss-reactive ketones (excluding diaryl/α,β-unsaturated/α-hetero) is 1. The van der Waals surface area contributed by atoms with Gasteiger partial charge in [-0.1, -0.05) is 11.6 Å². The van der Waals surface area contributed by atoms with Crippen LogP contribution in [0.5, 0.6) is 5.75 Å². The number of rotatable bonds is 2. The number of nitrogens with two attached hydrogens (primary N) is 1. The van der Waals surface area contributed by atoms with Gasteiger partial charge in [0.15, 0.2) is 17.4 Å². The second kappa shape index (κ2) is 3.89. The fourth-order valence-corrected chi connectivity index (χ4v) is 1.13. The molecule has 76 valence electrons. The van der Waals surface area contributed by atoms with Gasteiger partial charge in [0, 0.05) is 0 Å². The Kier molecular flexibility index (Phi) is 3.03. The summed E-state index contributed by atoms with van der Waals surface area (Å²) < 4.78 is 25.8. The first kappa shape index (κ1) is 10.9. The van der Waals surface area contributed by atoms with Crippen molar-refractivity contribution in [2.75, 3.05) is 6.54 Å². The Labute approximate surface area is 83.1 Å². The van der Waals surface area contributed by atoms with Crippen molar-refractivity contribution in [3.05, 3.63) is 28.3 Å². The van der Waals surface area contributed by atoms with Gasteiger partial charge in [0.2, 0.25) is 0 Å². The number of hydrogen-bond donors (Lipinski definition) is 2. The van der Waals surface area contributed by atoms with Crippen LogP contribution in [-0.2, 0) is 0 Å². The predicted octanol–water partition coefficient (Wildman–Crippen LogP) is 1.47. The van der Waals surface area contributed by atoms with Crippen LogP contribution in [0.2, 0.25) is 5.02 Å². The van der Waals surface area contributed by atoms with Crippen LogP contribution in [0.25, 0.3) is 0 Å². The molecule has 0 heterocycles. The third kappa shape index (κ3) is 1.69. The molecule has 1 aromatic rings. The van der Waals surface area contributed by atoms with Crippen molar-refractivity contribution in [1.29, 1.82) is 0 Å². The molecular weight excluding hydrogens is 216 g/mol. The third-order valence-electron chi connectivity index (χ3n) is 1.61. The average molecular weight is 222 g/mol. The monoisotopic (exact) mass is 221 g/mol. The van der Waals surface area contributed by atoms with E-state index in [4.69, 9.17) is 17.3 Å². The summed E-state index contributed by atoms with van der Waals surface area (Å²) in [6, 6.07) is 0.583. The summed E-state index contributed by atoms with van der Waals surface area (Å²) in [5.74, 6) is -4.45.